The van der Waals surface area contributed by atoms with Gasteiger partial charge in [0, 0.05) is 19.0 Å². The maximum absolute atomic E-state index is 13.5. The molecule has 9 heteroatoms. The van der Waals surface area contributed by atoms with Crippen LogP contribution in [0.25, 0.3) is 11.1 Å². The summed E-state index contributed by atoms with van der Waals surface area (Å²) in [5.74, 6) is -1.13. The number of carboxylic acid groups (broad SMARTS) is 1. The molecule has 1 fully saturated rings. The quantitative estimate of drug-likeness (QED) is 0.469. The Morgan fingerprint density at radius 2 is 1.61 bits per heavy atom. The second kappa shape index (κ2) is 9.89. The Morgan fingerprint density at radius 3 is 2.18 bits per heavy atom. The molecule has 0 bridgehead atoms. The number of benzene rings is 2. The maximum atomic E-state index is 13.5. The first-order valence-corrected chi connectivity index (χ1v) is 12.5. The van der Waals surface area contributed by atoms with Gasteiger partial charge in [-0.3, -0.25) is 4.90 Å². The van der Waals surface area contributed by atoms with Crippen molar-refractivity contribution in [3.05, 3.63) is 83.3 Å². The molecule has 0 atom stereocenters. The van der Waals surface area contributed by atoms with Gasteiger partial charge in [0.15, 0.2) is 0 Å². The minimum absolute atomic E-state index is 0.0234. The summed E-state index contributed by atoms with van der Waals surface area (Å²) >= 11 is 0. The molecule has 1 N–H and O–H groups in total. The number of amides is 2. The van der Waals surface area contributed by atoms with Crippen LogP contribution in [0.4, 0.5) is 9.59 Å². The molecule has 0 unspecified atom stereocenters. The number of furan rings is 1. The lowest BCUT2D eigenvalue weighted by Crippen LogP contribution is -2.62. The summed E-state index contributed by atoms with van der Waals surface area (Å²) in [6.07, 6.45) is 0.210. The van der Waals surface area contributed by atoms with Gasteiger partial charge in [0.25, 0.3) is 0 Å². The first kappa shape index (κ1) is 25.4. The van der Waals surface area contributed by atoms with Crippen molar-refractivity contribution in [2.24, 2.45) is 0 Å². The molecule has 5 rings (SSSR count). The molecule has 0 saturated carbocycles. The summed E-state index contributed by atoms with van der Waals surface area (Å²) in [5, 5.41) is 9.51. The molecule has 2 amide bonds. The molecule has 1 aromatic heterocycles. The average molecular weight is 519 g/mol. The second-order valence-electron chi connectivity index (χ2n) is 10.5. The molecule has 2 heterocycles. The van der Waals surface area contributed by atoms with Crippen LogP contribution in [0.1, 0.15) is 53.9 Å². The summed E-state index contributed by atoms with van der Waals surface area (Å²) in [6.45, 7) is 5.86. The van der Waals surface area contributed by atoms with Crippen molar-refractivity contribution in [3.8, 4) is 11.1 Å². The maximum Gasteiger partial charge on any atom is 0.410 e. The van der Waals surface area contributed by atoms with E-state index in [1.54, 1.807) is 20.8 Å². The van der Waals surface area contributed by atoms with E-state index in [9.17, 15) is 19.5 Å². The van der Waals surface area contributed by atoms with Crippen LogP contribution >= 0.6 is 0 Å². The van der Waals surface area contributed by atoms with Gasteiger partial charge in [0.05, 0.1) is 18.8 Å². The van der Waals surface area contributed by atoms with E-state index in [-0.39, 0.29) is 49.5 Å². The summed E-state index contributed by atoms with van der Waals surface area (Å²) < 4.78 is 16.7. The standard InChI is InChI=1S/C29H30N2O7/c1-29(2,3)38-27(34)30-14-18(15-30)31(16-25-23(26(32)33)12-13-36-25)28(35)37-17-24-21-10-6-4-8-19(21)20-9-5-7-11-22(20)24/h4-13,18,24H,14-17H2,1-3H3,(H,32,33). The monoisotopic (exact) mass is 518 g/mol. The molecule has 0 spiro atoms. The Kier molecular flexibility index (Phi) is 6.60. The number of ether oxygens (including phenoxy) is 2. The summed E-state index contributed by atoms with van der Waals surface area (Å²) in [7, 11) is 0. The molecule has 1 aliphatic carbocycles. The predicted octanol–water partition coefficient (Wildman–Crippen LogP) is 5.35. The molecule has 1 aliphatic heterocycles. The molecule has 1 saturated heterocycles. The van der Waals surface area contributed by atoms with Crippen LogP contribution in [-0.2, 0) is 16.0 Å². The van der Waals surface area contributed by atoms with E-state index in [0.29, 0.717) is 0 Å². The number of carbonyl (C=O) groups excluding carboxylic acids is 2. The Bertz CT molecular complexity index is 1320. The second-order valence-corrected chi connectivity index (χ2v) is 10.5. The van der Waals surface area contributed by atoms with Crippen LogP contribution in [0.3, 0.4) is 0 Å². The first-order chi connectivity index (χ1) is 18.1. The highest BCUT2D eigenvalue weighted by Crippen LogP contribution is 2.44. The van der Waals surface area contributed by atoms with Gasteiger partial charge < -0.3 is 23.9 Å². The molecular formula is C29H30N2O7. The van der Waals surface area contributed by atoms with Crippen molar-refractivity contribution in [2.45, 2.75) is 44.9 Å². The fraction of sp³-hybridized carbons (Fsp3) is 0.345. The summed E-state index contributed by atoms with van der Waals surface area (Å²) in [6, 6.07) is 17.1. The number of carbonyl (C=O) groups is 3. The van der Waals surface area contributed by atoms with Crippen molar-refractivity contribution in [1.29, 1.82) is 0 Å². The number of nitrogens with zero attached hydrogens (tertiary/aromatic N) is 2. The Balaban J connectivity index is 1.33. The van der Waals surface area contributed by atoms with Gasteiger partial charge in [-0.2, -0.15) is 0 Å². The smallest absolute Gasteiger partial charge is 0.410 e. The van der Waals surface area contributed by atoms with Crippen molar-refractivity contribution in [2.75, 3.05) is 19.7 Å². The molecule has 9 nitrogen and oxygen atoms in total. The number of rotatable bonds is 6. The van der Waals surface area contributed by atoms with Gasteiger partial charge in [0.2, 0.25) is 0 Å². The molecule has 2 aromatic carbocycles. The first-order valence-electron chi connectivity index (χ1n) is 12.5. The van der Waals surface area contributed by atoms with Gasteiger partial charge in [-0.1, -0.05) is 48.5 Å². The lowest BCUT2D eigenvalue weighted by molar-refractivity contribution is -0.0186. The van der Waals surface area contributed by atoms with Crippen LogP contribution < -0.4 is 0 Å². The van der Waals surface area contributed by atoms with E-state index in [2.05, 4.69) is 12.1 Å². The Morgan fingerprint density at radius 1 is 1.00 bits per heavy atom. The zero-order valence-electron chi connectivity index (χ0n) is 21.5. The van der Waals surface area contributed by atoms with Crippen LogP contribution in [0.2, 0.25) is 0 Å². The molecular weight excluding hydrogens is 488 g/mol. The lowest BCUT2D eigenvalue weighted by atomic mass is 9.98. The van der Waals surface area contributed by atoms with Crippen LogP contribution in [-0.4, -0.2) is 64.4 Å². The minimum Gasteiger partial charge on any atom is -0.478 e. The van der Waals surface area contributed by atoms with Crippen LogP contribution in [0, 0.1) is 0 Å². The summed E-state index contributed by atoms with van der Waals surface area (Å²) in [5.41, 5.74) is 3.76. The van der Waals surface area contributed by atoms with E-state index < -0.39 is 23.8 Å². The molecule has 0 radical (unpaired) electrons. The number of hydrogen-bond acceptors (Lipinski definition) is 6. The van der Waals surface area contributed by atoms with E-state index in [1.807, 2.05) is 36.4 Å². The van der Waals surface area contributed by atoms with Gasteiger partial charge in [-0.05, 0) is 49.1 Å². The zero-order chi connectivity index (χ0) is 27.0. The van der Waals surface area contributed by atoms with Crippen LogP contribution in [0.5, 0.6) is 0 Å². The highest BCUT2D eigenvalue weighted by Gasteiger charge is 2.41. The SMILES string of the molecule is CC(C)(C)OC(=O)N1CC(N(Cc2occc2C(=O)O)C(=O)OCC2c3ccccc3-c3ccccc32)C1. The molecule has 198 valence electrons. The van der Waals surface area contributed by atoms with E-state index in [4.69, 9.17) is 13.9 Å². The molecule has 2 aliphatic rings. The van der Waals surface area contributed by atoms with Crippen molar-refractivity contribution in [3.63, 3.8) is 0 Å². The van der Waals surface area contributed by atoms with Gasteiger partial charge in [0.1, 0.15) is 23.5 Å². The third-order valence-corrected chi connectivity index (χ3v) is 6.82. The average Bonchev–Trinajstić information content (AvgIpc) is 3.42. The van der Waals surface area contributed by atoms with Crippen molar-refractivity contribution < 1.29 is 33.4 Å². The molecule has 38 heavy (non-hydrogen) atoms. The number of likely N-dealkylation sites (tertiary alicyclic amines) is 1. The highest BCUT2D eigenvalue weighted by atomic mass is 16.6. The summed E-state index contributed by atoms with van der Waals surface area (Å²) in [4.78, 5) is 40.5. The zero-order valence-corrected chi connectivity index (χ0v) is 21.5. The third-order valence-electron chi connectivity index (χ3n) is 6.82. The normalized spacial score (nSPS) is 14.9. The van der Waals surface area contributed by atoms with E-state index in [0.717, 1.165) is 22.3 Å². The van der Waals surface area contributed by atoms with Gasteiger partial charge in [-0.25, -0.2) is 14.4 Å². The molecule has 3 aromatic rings. The minimum atomic E-state index is -1.15. The largest absolute Gasteiger partial charge is 0.478 e. The fourth-order valence-electron chi connectivity index (χ4n) is 4.96. The number of aromatic carboxylic acids is 1. The van der Waals surface area contributed by atoms with E-state index >= 15 is 0 Å². The number of carboxylic acids is 1. The topological polar surface area (TPSA) is 110 Å². The third kappa shape index (κ3) is 4.96. The number of hydrogen-bond donors (Lipinski definition) is 1. The fourth-order valence-corrected chi connectivity index (χ4v) is 4.96. The van der Waals surface area contributed by atoms with Gasteiger partial charge >= 0.3 is 18.2 Å². The van der Waals surface area contributed by atoms with Crippen molar-refractivity contribution in [1.82, 2.24) is 9.80 Å². The Hall–Kier alpha value is -4.27. The predicted molar refractivity (Wildman–Crippen MR) is 138 cm³/mol. The van der Waals surface area contributed by atoms with Crippen LogP contribution in [0.15, 0.2) is 65.3 Å². The van der Waals surface area contributed by atoms with E-state index in [1.165, 1.54) is 22.1 Å². The highest BCUT2D eigenvalue weighted by molar-refractivity contribution is 5.88. The number of fused-ring (bicyclic) bond motifs is 3. The van der Waals surface area contributed by atoms with Gasteiger partial charge in [-0.15, -0.1) is 0 Å². The Labute approximate surface area is 220 Å². The van der Waals surface area contributed by atoms with Crippen molar-refractivity contribution >= 4 is 18.2 Å². The lowest BCUT2D eigenvalue weighted by Gasteiger charge is -2.44.